The first-order chi connectivity index (χ1) is 13.0. The highest BCUT2D eigenvalue weighted by Crippen LogP contribution is 2.37. The molecule has 1 atom stereocenters. The van der Waals surface area contributed by atoms with Gasteiger partial charge < -0.3 is 15.4 Å². The molecule has 1 aliphatic rings. The molecule has 1 heterocycles. The van der Waals surface area contributed by atoms with Crippen LogP contribution in [0.15, 0.2) is 42.5 Å². The van der Waals surface area contributed by atoms with Crippen LogP contribution in [-0.2, 0) is 18.8 Å². The normalized spacial score (nSPS) is 16.7. The number of amides is 2. The molecule has 150 valence electrons. The Hall–Kier alpha value is -2.91. The number of fused-ring (bicyclic) bond motifs is 1. The number of carbonyl (C=O) groups excluding carboxylic acids is 1. The summed E-state index contributed by atoms with van der Waals surface area (Å²) in [5.41, 5.74) is -2.72. The number of halogens is 6. The Labute approximate surface area is 155 Å². The number of para-hydroxylation sites is 1. The van der Waals surface area contributed by atoms with Crippen molar-refractivity contribution in [2.24, 2.45) is 0 Å². The number of hydrogen-bond acceptors (Lipinski definition) is 2. The Morgan fingerprint density at radius 2 is 1.57 bits per heavy atom. The molecule has 10 heteroatoms. The van der Waals surface area contributed by atoms with Crippen molar-refractivity contribution in [3.05, 3.63) is 59.2 Å². The van der Waals surface area contributed by atoms with Crippen LogP contribution in [0.4, 0.5) is 36.8 Å². The van der Waals surface area contributed by atoms with Gasteiger partial charge in [-0.15, -0.1) is 0 Å². The zero-order chi connectivity index (χ0) is 20.5. The van der Waals surface area contributed by atoms with Crippen LogP contribution in [-0.4, -0.2) is 12.3 Å². The molecule has 28 heavy (non-hydrogen) atoms. The van der Waals surface area contributed by atoms with Crippen molar-refractivity contribution >= 4 is 11.7 Å². The van der Waals surface area contributed by atoms with Crippen molar-refractivity contribution in [1.82, 2.24) is 5.32 Å². The molecular formula is C18H14F6N2O2. The van der Waals surface area contributed by atoms with E-state index in [0.717, 1.165) is 5.56 Å². The summed E-state index contributed by atoms with van der Waals surface area (Å²) in [6.07, 6.45) is -9.75. The van der Waals surface area contributed by atoms with Gasteiger partial charge in [0.2, 0.25) is 0 Å². The molecule has 0 unspecified atom stereocenters. The van der Waals surface area contributed by atoms with E-state index >= 15 is 0 Å². The fraction of sp³-hybridized carbons (Fsp3) is 0.278. The first-order valence-corrected chi connectivity index (χ1v) is 8.14. The summed E-state index contributed by atoms with van der Waals surface area (Å²) >= 11 is 0. The van der Waals surface area contributed by atoms with E-state index in [1.165, 1.54) is 0 Å². The molecule has 0 aromatic heterocycles. The van der Waals surface area contributed by atoms with Crippen LogP contribution in [0, 0.1) is 0 Å². The lowest BCUT2D eigenvalue weighted by molar-refractivity contribution is -0.143. The average molecular weight is 404 g/mol. The predicted octanol–water partition coefficient (Wildman–Crippen LogP) is 5.20. The van der Waals surface area contributed by atoms with Crippen molar-refractivity contribution in [3.63, 3.8) is 0 Å². The van der Waals surface area contributed by atoms with Gasteiger partial charge in [0.1, 0.15) is 5.75 Å². The third-order valence-electron chi connectivity index (χ3n) is 4.06. The highest BCUT2D eigenvalue weighted by atomic mass is 19.4. The smallest absolute Gasteiger partial charge is 0.416 e. The fourth-order valence-corrected chi connectivity index (χ4v) is 2.77. The lowest BCUT2D eigenvalue weighted by Crippen LogP contribution is -2.43. The molecule has 4 nitrogen and oxygen atoms in total. The van der Waals surface area contributed by atoms with Crippen molar-refractivity contribution in [2.45, 2.75) is 31.4 Å². The standard InChI is InChI=1S/C18H14F6N2O2/c19-17(20,21)11-7-12(18(22,23)24)9-13(8-11)25-16(27)26-15-6-5-10-3-1-2-4-14(10)28-15/h1-4,7-9,15H,5-6H2,(H2,25,26,27)/t15-/m1/s1. The molecule has 0 fully saturated rings. The number of urea groups is 1. The molecule has 0 spiro atoms. The van der Waals surface area contributed by atoms with Gasteiger partial charge in [-0.25, -0.2) is 4.79 Å². The van der Waals surface area contributed by atoms with E-state index in [0.29, 0.717) is 30.7 Å². The number of hydrogen-bond donors (Lipinski definition) is 2. The van der Waals surface area contributed by atoms with Gasteiger partial charge in [-0.2, -0.15) is 26.3 Å². The monoisotopic (exact) mass is 404 g/mol. The summed E-state index contributed by atoms with van der Waals surface area (Å²) in [5, 5.41) is 4.40. The number of nitrogens with one attached hydrogen (secondary N) is 2. The largest absolute Gasteiger partial charge is 0.470 e. The van der Waals surface area contributed by atoms with Gasteiger partial charge in [-0.3, -0.25) is 0 Å². The van der Waals surface area contributed by atoms with Gasteiger partial charge in [0.25, 0.3) is 0 Å². The van der Waals surface area contributed by atoms with Crippen molar-refractivity contribution in [3.8, 4) is 5.75 Å². The van der Waals surface area contributed by atoms with Crippen LogP contribution in [0.3, 0.4) is 0 Å². The Morgan fingerprint density at radius 1 is 0.964 bits per heavy atom. The van der Waals surface area contributed by atoms with Crippen molar-refractivity contribution in [1.29, 1.82) is 0 Å². The van der Waals surface area contributed by atoms with Crippen LogP contribution < -0.4 is 15.4 Å². The maximum atomic E-state index is 12.9. The number of anilines is 1. The number of alkyl halides is 6. The van der Waals surface area contributed by atoms with Gasteiger partial charge in [0, 0.05) is 12.1 Å². The van der Waals surface area contributed by atoms with E-state index in [2.05, 4.69) is 5.32 Å². The second kappa shape index (κ2) is 7.25. The maximum Gasteiger partial charge on any atom is 0.416 e. The van der Waals surface area contributed by atoms with E-state index in [4.69, 9.17) is 4.74 Å². The van der Waals surface area contributed by atoms with Gasteiger partial charge >= 0.3 is 18.4 Å². The third kappa shape index (κ3) is 4.68. The molecular weight excluding hydrogens is 390 g/mol. The second-order valence-electron chi connectivity index (χ2n) is 6.15. The molecule has 0 saturated carbocycles. The third-order valence-corrected chi connectivity index (χ3v) is 4.06. The molecule has 0 bridgehead atoms. The Bertz CT molecular complexity index is 847. The zero-order valence-electron chi connectivity index (χ0n) is 14.1. The van der Waals surface area contributed by atoms with Crippen LogP contribution in [0.5, 0.6) is 5.75 Å². The summed E-state index contributed by atoms with van der Waals surface area (Å²) in [6, 6.07) is 7.01. The van der Waals surface area contributed by atoms with Crippen molar-refractivity contribution in [2.75, 3.05) is 5.32 Å². The highest BCUT2D eigenvalue weighted by molar-refractivity contribution is 5.89. The minimum atomic E-state index is -5.00. The highest BCUT2D eigenvalue weighted by Gasteiger charge is 2.37. The van der Waals surface area contributed by atoms with Crippen LogP contribution in [0.2, 0.25) is 0 Å². The minimum absolute atomic E-state index is 0.00966. The first kappa shape index (κ1) is 19.8. The Balaban J connectivity index is 1.73. The van der Waals surface area contributed by atoms with E-state index in [1.54, 1.807) is 12.1 Å². The fourth-order valence-electron chi connectivity index (χ4n) is 2.77. The summed E-state index contributed by atoms with van der Waals surface area (Å²) in [4.78, 5) is 12.0. The molecule has 0 aliphatic carbocycles. The van der Waals surface area contributed by atoms with Gasteiger partial charge in [0.15, 0.2) is 6.23 Å². The van der Waals surface area contributed by atoms with Gasteiger partial charge in [-0.05, 0) is 36.2 Å². The molecule has 0 saturated heterocycles. The molecule has 2 aromatic carbocycles. The van der Waals surface area contributed by atoms with E-state index in [9.17, 15) is 31.1 Å². The maximum absolute atomic E-state index is 12.9. The van der Waals surface area contributed by atoms with E-state index < -0.39 is 41.4 Å². The summed E-state index contributed by atoms with van der Waals surface area (Å²) < 4.78 is 82.8. The Kier molecular flexibility index (Phi) is 5.14. The lowest BCUT2D eigenvalue weighted by atomic mass is 10.1. The quantitative estimate of drug-likeness (QED) is 0.677. The average Bonchev–Trinajstić information content (AvgIpc) is 2.59. The number of ether oxygens (including phenoxy) is 1. The Morgan fingerprint density at radius 3 is 2.18 bits per heavy atom. The van der Waals surface area contributed by atoms with Crippen LogP contribution >= 0.6 is 0 Å². The van der Waals surface area contributed by atoms with Crippen LogP contribution in [0.25, 0.3) is 0 Å². The predicted molar refractivity (Wildman–Crippen MR) is 87.8 cm³/mol. The molecule has 1 aliphatic heterocycles. The van der Waals surface area contributed by atoms with E-state index in [1.807, 2.05) is 17.4 Å². The van der Waals surface area contributed by atoms with Crippen molar-refractivity contribution < 1.29 is 35.9 Å². The van der Waals surface area contributed by atoms with Gasteiger partial charge in [-0.1, -0.05) is 18.2 Å². The lowest BCUT2D eigenvalue weighted by Gasteiger charge is -2.26. The SMILES string of the molecule is O=C(Nc1cc(C(F)(F)F)cc(C(F)(F)F)c1)N[C@H]1CCc2ccccc2O1. The molecule has 2 amide bonds. The number of carbonyl (C=O) groups is 1. The summed E-state index contributed by atoms with van der Waals surface area (Å²) in [6.45, 7) is 0. The molecule has 3 rings (SSSR count). The number of benzene rings is 2. The van der Waals surface area contributed by atoms with E-state index in [-0.39, 0.29) is 6.07 Å². The summed E-state index contributed by atoms with van der Waals surface area (Å²) in [7, 11) is 0. The first-order valence-electron chi connectivity index (χ1n) is 8.14. The zero-order valence-corrected chi connectivity index (χ0v) is 14.1. The molecule has 2 N–H and O–H groups in total. The summed E-state index contributed by atoms with van der Waals surface area (Å²) in [5.74, 6) is 0.553. The topological polar surface area (TPSA) is 50.4 Å². The molecule has 2 aromatic rings. The van der Waals surface area contributed by atoms with Crippen LogP contribution in [0.1, 0.15) is 23.1 Å². The minimum Gasteiger partial charge on any atom is -0.470 e. The second-order valence-corrected chi connectivity index (χ2v) is 6.15. The molecule has 0 radical (unpaired) electrons. The number of rotatable bonds is 2. The van der Waals surface area contributed by atoms with Gasteiger partial charge in [0.05, 0.1) is 11.1 Å². The number of aryl methyl sites for hydroxylation is 1.